The van der Waals surface area contributed by atoms with Gasteiger partial charge in [-0.15, -0.1) is 0 Å². The summed E-state index contributed by atoms with van der Waals surface area (Å²) in [6.45, 7) is 2.92. The van der Waals surface area contributed by atoms with Crippen molar-refractivity contribution in [2.45, 2.75) is 19.4 Å². The minimum atomic E-state index is -0.484. The quantitative estimate of drug-likeness (QED) is 0.835. The molecule has 1 aliphatic rings. The summed E-state index contributed by atoms with van der Waals surface area (Å²) in [6, 6.07) is 11.6. The molecule has 1 aliphatic heterocycles. The lowest BCUT2D eigenvalue weighted by atomic mass is 10.1. The lowest BCUT2D eigenvalue weighted by Crippen LogP contribution is -2.35. The van der Waals surface area contributed by atoms with Crippen LogP contribution in [0.1, 0.15) is 12.8 Å². The molecule has 1 saturated heterocycles. The Bertz CT molecular complexity index is 859. The fourth-order valence-electron chi connectivity index (χ4n) is 3.37. The molecule has 2 aromatic rings. The maximum absolute atomic E-state index is 12.4. The Labute approximate surface area is 151 Å². The third-order valence-corrected chi connectivity index (χ3v) is 4.83. The van der Waals surface area contributed by atoms with Gasteiger partial charge in [0.1, 0.15) is 0 Å². The molecular formula is C19H24N4O3. The highest BCUT2D eigenvalue weighted by Gasteiger charge is 2.25. The van der Waals surface area contributed by atoms with Crippen LogP contribution in [0.4, 0.5) is 5.69 Å². The highest BCUT2D eigenvalue weighted by Crippen LogP contribution is 2.23. The summed E-state index contributed by atoms with van der Waals surface area (Å²) in [6.07, 6.45) is 2.71. The molecule has 0 saturated carbocycles. The van der Waals surface area contributed by atoms with Crippen molar-refractivity contribution in [1.82, 2.24) is 14.5 Å². The summed E-state index contributed by atoms with van der Waals surface area (Å²) < 4.78 is 1.35. The van der Waals surface area contributed by atoms with E-state index in [1.54, 1.807) is 4.90 Å². The number of hydrogen-bond donors (Lipinski definition) is 1. The van der Waals surface area contributed by atoms with Crippen molar-refractivity contribution in [2.24, 2.45) is 5.92 Å². The first kappa shape index (κ1) is 18.0. The van der Waals surface area contributed by atoms with Gasteiger partial charge in [0.25, 0.3) is 5.56 Å². The first-order valence-electron chi connectivity index (χ1n) is 8.86. The monoisotopic (exact) mass is 356 g/mol. The number of anilines is 1. The van der Waals surface area contributed by atoms with Crippen LogP contribution in [0.25, 0.3) is 0 Å². The third kappa shape index (κ3) is 4.41. The number of para-hydroxylation sites is 1. The van der Waals surface area contributed by atoms with Gasteiger partial charge in [0, 0.05) is 57.6 Å². The van der Waals surface area contributed by atoms with E-state index in [4.69, 9.17) is 0 Å². The summed E-state index contributed by atoms with van der Waals surface area (Å²) >= 11 is 0. The van der Waals surface area contributed by atoms with Gasteiger partial charge in [0.05, 0.1) is 0 Å². The average molecular weight is 356 g/mol. The minimum absolute atomic E-state index is 0.00117. The molecule has 0 radical (unpaired) electrons. The maximum atomic E-state index is 12.4. The molecule has 0 aliphatic carbocycles. The number of rotatable bonds is 6. The molecule has 3 rings (SSSR count). The van der Waals surface area contributed by atoms with Crippen LogP contribution < -0.4 is 16.1 Å². The lowest BCUT2D eigenvalue weighted by molar-refractivity contribution is -0.130. The molecule has 1 fully saturated rings. The molecule has 138 valence electrons. The Kier molecular flexibility index (Phi) is 5.55. The predicted octanol–water partition coefficient (Wildman–Crippen LogP) is 0.912. The van der Waals surface area contributed by atoms with E-state index < -0.39 is 11.2 Å². The number of amides is 1. The molecule has 1 N–H and O–H groups in total. The Hall–Kier alpha value is -2.83. The first-order chi connectivity index (χ1) is 12.5. The number of aromatic nitrogens is 2. The molecule has 7 nitrogen and oxygen atoms in total. The molecule has 7 heteroatoms. The minimum Gasteiger partial charge on any atom is -0.371 e. The maximum Gasteiger partial charge on any atom is 0.328 e. The molecule has 1 aromatic heterocycles. The van der Waals surface area contributed by atoms with Crippen LogP contribution >= 0.6 is 0 Å². The van der Waals surface area contributed by atoms with Crippen molar-refractivity contribution in [1.29, 1.82) is 0 Å². The van der Waals surface area contributed by atoms with Crippen LogP contribution in [-0.2, 0) is 11.3 Å². The van der Waals surface area contributed by atoms with Crippen LogP contribution in [0.15, 0.2) is 52.2 Å². The van der Waals surface area contributed by atoms with Gasteiger partial charge < -0.3 is 14.4 Å². The van der Waals surface area contributed by atoms with E-state index in [9.17, 15) is 14.4 Å². The Morgan fingerprint density at radius 2 is 2.00 bits per heavy atom. The number of hydrogen-bond acceptors (Lipinski definition) is 4. The van der Waals surface area contributed by atoms with Gasteiger partial charge in [-0.3, -0.25) is 14.6 Å². The number of H-pyrrole nitrogens is 1. The van der Waals surface area contributed by atoms with Crippen molar-refractivity contribution < 1.29 is 4.79 Å². The standard InChI is InChI=1S/C19H24N4O3/c1-21(18(25)9-12-22-11-8-17(24)20-19(22)26)13-15-7-10-23(14-15)16-5-3-2-4-6-16/h2-6,8,11,15H,7,9-10,12-14H2,1H3,(H,20,24,26)/t15-/m1/s1. The van der Waals surface area contributed by atoms with E-state index >= 15 is 0 Å². The van der Waals surface area contributed by atoms with E-state index in [2.05, 4.69) is 22.0 Å². The molecule has 0 spiro atoms. The molecule has 1 aromatic carbocycles. The van der Waals surface area contributed by atoms with Crippen LogP contribution in [0.2, 0.25) is 0 Å². The zero-order chi connectivity index (χ0) is 18.5. The van der Waals surface area contributed by atoms with Gasteiger partial charge in [0.2, 0.25) is 5.91 Å². The summed E-state index contributed by atoms with van der Waals surface area (Å²) in [4.78, 5) is 41.4. The summed E-state index contributed by atoms with van der Waals surface area (Å²) in [5.41, 5.74) is 0.308. The van der Waals surface area contributed by atoms with Crippen molar-refractivity contribution in [3.63, 3.8) is 0 Å². The smallest absolute Gasteiger partial charge is 0.328 e. The van der Waals surface area contributed by atoms with Crippen LogP contribution in [0.3, 0.4) is 0 Å². The molecule has 1 atom stereocenters. The zero-order valence-electron chi connectivity index (χ0n) is 14.9. The van der Waals surface area contributed by atoms with Crippen LogP contribution in [0, 0.1) is 5.92 Å². The first-order valence-corrected chi connectivity index (χ1v) is 8.86. The van der Waals surface area contributed by atoms with Gasteiger partial charge in [0.15, 0.2) is 0 Å². The lowest BCUT2D eigenvalue weighted by Gasteiger charge is -2.23. The topological polar surface area (TPSA) is 78.4 Å². The predicted molar refractivity (Wildman–Crippen MR) is 100 cm³/mol. The Morgan fingerprint density at radius 1 is 1.23 bits per heavy atom. The second kappa shape index (κ2) is 8.03. The molecule has 2 heterocycles. The molecule has 0 bridgehead atoms. The van der Waals surface area contributed by atoms with Gasteiger partial charge in [-0.1, -0.05) is 18.2 Å². The van der Waals surface area contributed by atoms with E-state index in [0.717, 1.165) is 19.5 Å². The van der Waals surface area contributed by atoms with Gasteiger partial charge >= 0.3 is 5.69 Å². The SMILES string of the molecule is CN(C[C@H]1CCN(c2ccccc2)C1)C(=O)CCn1ccc(=O)[nH]c1=O. The fourth-order valence-corrected chi connectivity index (χ4v) is 3.37. The third-order valence-electron chi connectivity index (χ3n) is 4.83. The number of aromatic amines is 1. The number of nitrogens with one attached hydrogen (secondary N) is 1. The average Bonchev–Trinajstić information content (AvgIpc) is 3.10. The normalized spacial score (nSPS) is 16.7. The second-order valence-corrected chi connectivity index (χ2v) is 6.76. The van der Waals surface area contributed by atoms with Crippen molar-refractivity contribution >= 4 is 11.6 Å². The van der Waals surface area contributed by atoms with Crippen LogP contribution in [0.5, 0.6) is 0 Å². The number of nitrogens with zero attached hydrogens (tertiary/aromatic N) is 3. The van der Waals surface area contributed by atoms with E-state index in [1.165, 1.54) is 22.5 Å². The van der Waals surface area contributed by atoms with Gasteiger partial charge in [-0.2, -0.15) is 0 Å². The molecule has 1 amide bonds. The summed E-state index contributed by atoms with van der Waals surface area (Å²) in [5, 5.41) is 0. The highest BCUT2D eigenvalue weighted by atomic mass is 16.2. The summed E-state index contributed by atoms with van der Waals surface area (Å²) in [5.74, 6) is 0.446. The van der Waals surface area contributed by atoms with Crippen molar-refractivity contribution in [3.8, 4) is 0 Å². The van der Waals surface area contributed by atoms with E-state index in [1.807, 2.05) is 25.2 Å². The fraction of sp³-hybridized carbons (Fsp3) is 0.421. The Morgan fingerprint density at radius 3 is 2.73 bits per heavy atom. The van der Waals surface area contributed by atoms with Crippen molar-refractivity contribution in [2.75, 3.05) is 31.6 Å². The van der Waals surface area contributed by atoms with E-state index in [0.29, 0.717) is 12.5 Å². The number of carbonyl (C=O) groups is 1. The van der Waals surface area contributed by atoms with Crippen LogP contribution in [-0.4, -0.2) is 47.0 Å². The molecule has 0 unspecified atom stereocenters. The second-order valence-electron chi connectivity index (χ2n) is 6.76. The number of carbonyl (C=O) groups excluding carboxylic acids is 1. The Balaban J connectivity index is 1.48. The highest BCUT2D eigenvalue weighted by molar-refractivity contribution is 5.75. The number of benzene rings is 1. The van der Waals surface area contributed by atoms with Gasteiger partial charge in [-0.05, 0) is 24.5 Å². The largest absolute Gasteiger partial charge is 0.371 e. The van der Waals surface area contributed by atoms with E-state index in [-0.39, 0.29) is 18.9 Å². The number of aryl methyl sites for hydroxylation is 1. The summed E-state index contributed by atoms with van der Waals surface area (Å²) in [7, 11) is 1.81. The van der Waals surface area contributed by atoms with Gasteiger partial charge in [-0.25, -0.2) is 4.79 Å². The van der Waals surface area contributed by atoms with Crippen molar-refractivity contribution in [3.05, 3.63) is 63.4 Å². The molecule has 26 heavy (non-hydrogen) atoms. The molecular weight excluding hydrogens is 332 g/mol. The zero-order valence-corrected chi connectivity index (χ0v) is 14.9.